The summed E-state index contributed by atoms with van der Waals surface area (Å²) in [7, 11) is 6.75. The summed E-state index contributed by atoms with van der Waals surface area (Å²) in [6.07, 6.45) is 0.481. The molecule has 118 heavy (non-hydrogen) atoms. The molecule has 640 valence electrons. The molecule has 5 heterocycles. The van der Waals surface area contributed by atoms with Gasteiger partial charge in [0.2, 0.25) is 11.8 Å². The molecule has 3 fully saturated rings. The summed E-state index contributed by atoms with van der Waals surface area (Å²) in [6.45, 7) is 5.60. The van der Waals surface area contributed by atoms with E-state index in [0.29, 0.717) is 87.4 Å². The Balaban J connectivity index is 0.00000521. The van der Waals surface area contributed by atoms with E-state index in [2.05, 4.69) is 48.5 Å². The largest absolute Gasteiger partial charge is 0.496 e. The van der Waals surface area contributed by atoms with E-state index in [9.17, 15) is 88.5 Å². The number of nitrogens with one attached hydrogen (secondary N) is 5. The molecular weight excluding hydrogens is 1580 g/mol. The number of piperidine rings is 1. The second-order valence-electron chi connectivity index (χ2n) is 31.3. The number of likely N-dealkylation sites (N-methyl/N-ethyl adjacent to an activating group) is 1. The van der Waals surface area contributed by atoms with Gasteiger partial charge in [0.1, 0.15) is 48.3 Å². The first-order valence-corrected chi connectivity index (χ1v) is 41.8. The quantitative estimate of drug-likeness (QED) is 0.0168. The molecule has 2 saturated heterocycles. The van der Waals surface area contributed by atoms with Gasteiger partial charge in [0.05, 0.1) is 44.2 Å². The Hall–Kier alpha value is -10.1. The van der Waals surface area contributed by atoms with Gasteiger partial charge in [0.25, 0.3) is 5.91 Å². The number of Topliss-reactive ketones (excluding diaryl/α,β-unsaturated/α-hetero) is 2. The van der Waals surface area contributed by atoms with Gasteiger partial charge in [-0.15, -0.1) is 0 Å². The molecule has 0 aromatic heterocycles. The number of carbonyl (C=O) groups is 13. The van der Waals surface area contributed by atoms with Gasteiger partial charge in [-0.2, -0.15) is 9.59 Å². The number of urea groups is 1. The van der Waals surface area contributed by atoms with Crippen LogP contribution in [0, 0.1) is 23.2 Å². The molecule has 36 heteroatoms. The number of anilines is 1. The second kappa shape index (κ2) is 40.1. The Morgan fingerprint density at radius 1 is 0.729 bits per heavy atom. The van der Waals surface area contributed by atoms with Gasteiger partial charge >= 0.3 is 54.0 Å². The molecule has 3 aromatic carbocycles. The van der Waals surface area contributed by atoms with Gasteiger partial charge in [-0.05, 0) is 123 Å². The first-order valence-electron chi connectivity index (χ1n) is 39.3. The van der Waals surface area contributed by atoms with Crippen molar-refractivity contribution in [3.05, 3.63) is 112 Å². The van der Waals surface area contributed by atoms with Crippen molar-refractivity contribution in [2.75, 3.05) is 90.1 Å². The third-order valence-corrected chi connectivity index (χ3v) is 26.6. The highest BCUT2D eigenvalue weighted by atomic mass is 33.1. The van der Waals surface area contributed by atoms with Crippen LogP contribution >= 0.6 is 21.6 Å². The summed E-state index contributed by atoms with van der Waals surface area (Å²) in [5, 5.41) is 99.3. The third-order valence-electron chi connectivity index (χ3n) is 24.3. The van der Waals surface area contributed by atoms with Gasteiger partial charge in [-0.3, -0.25) is 57.7 Å². The Kier molecular flexibility index (Phi) is 31.2. The predicted molar refractivity (Wildman–Crippen MR) is 424 cm³/mol. The lowest BCUT2D eigenvalue weighted by Gasteiger charge is -2.63. The SMILES string of the molecule is CC[C@]1(O)CC2CN(CCC3=C(Cc4ccccc43)[C@@](C(=O)OC)(c3cc4c(cc3OC)N(C)[C@@H]3C45CCN4CC=C[C@](CC)([C@H]45)[C@@H](O)[C@]3(O)C(=O)NCC(=O)OCCSSC[C@H](NC(=O)[C@@H](CC(=O)[C@H](CC(=O)O)NC(=O)CC[C@H](CC(=O)CC[C@H](NC(=O)NCCCC(=O)O)C(=O)O)C(=O)O)Cc3ccccc3)C(=O)O)C2)C1.O=C=O. The summed E-state index contributed by atoms with van der Waals surface area (Å²) in [5.74, 6) is -16.1. The lowest BCUT2D eigenvalue weighted by atomic mass is 9.47. The number of amides is 5. The number of methoxy groups -OCH3 is 2. The van der Waals surface area contributed by atoms with Crippen LogP contribution in [0.3, 0.4) is 0 Å². The highest BCUT2D eigenvalue weighted by Gasteiger charge is 2.79. The highest BCUT2D eigenvalue weighted by molar-refractivity contribution is 8.76. The maximum Gasteiger partial charge on any atom is 0.373 e. The summed E-state index contributed by atoms with van der Waals surface area (Å²) >= 11 is 0. The van der Waals surface area contributed by atoms with Crippen molar-refractivity contribution in [3.8, 4) is 5.75 Å². The molecule has 1 spiro atoms. The van der Waals surface area contributed by atoms with E-state index in [4.69, 9.17) is 28.9 Å². The maximum absolute atomic E-state index is 15.7. The minimum absolute atomic E-state index is 0.0552. The van der Waals surface area contributed by atoms with Crippen LogP contribution in [-0.4, -0.2) is 267 Å². The van der Waals surface area contributed by atoms with Crippen LogP contribution in [0.1, 0.15) is 138 Å². The van der Waals surface area contributed by atoms with Crippen molar-refractivity contribution in [2.24, 2.45) is 23.2 Å². The summed E-state index contributed by atoms with van der Waals surface area (Å²) < 4.78 is 18.0. The van der Waals surface area contributed by atoms with Crippen molar-refractivity contribution >= 4 is 116 Å². The van der Waals surface area contributed by atoms with E-state index in [-0.39, 0.29) is 68.8 Å². The first kappa shape index (κ1) is 91.8. The number of hydrogen-bond acceptors (Lipinski definition) is 26. The van der Waals surface area contributed by atoms with Crippen LogP contribution in [-0.2, 0) is 100 Å². The summed E-state index contributed by atoms with van der Waals surface area (Å²) in [4.78, 5) is 194. The number of benzene rings is 3. The fraction of sp³-hybridized carbons (Fsp3) is 0.561. The van der Waals surface area contributed by atoms with Gasteiger partial charge in [-0.1, -0.05) is 102 Å². The number of aliphatic hydroxyl groups is 3. The molecule has 5 aliphatic heterocycles. The average molecular weight is 1680 g/mol. The van der Waals surface area contributed by atoms with Crippen molar-refractivity contribution in [1.82, 2.24) is 36.4 Å². The smallest absolute Gasteiger partial charge is 0.373 e. The Morgan fingerprint density at radius 2 is 1.44 bits per heavy atom. The molecule has 3 aromatic rings. The monoisotopic (exact) mass is 1680 g/mol. The number of ether oxygens (including phenoxy) is 3. The fourth-order valence-corrected chi connectivity index (χ4v) is 21.0. The molecule has 15 atom stereocenters. The molecule has 34 nitrogen and oxygen atoms in total. The molecule has 3 unspecified atom stereocenters. The number of aliphatic carboxylic acids is 5. The van der Waals surface area contributed by atoms with Crippen LogP contribution in [0.5, 0.6) is 5.75 Å². The van der Waals surface area contributed by atoms with E-state index in [1.807, 2.05) is 55.2 Å². The number of carbonyl (C=O) groups excluding carboxylic acids is 10. The number of rotatable bonds is 40. The topological polar surface area (TPSA) is 515 Å². The number of nitrogens with zero attached hydrogens (tertiary/aromatic N) is 3. The van der Waals surface area contributed by atoms with E-state index >= 15 is 9.59 Å². The second-order valence-corrected chi connectivity index (χ2v) is 33.9. The number of aliphatic hydroxyl groups excluding tert-OH is 1. The molecular formula is C82H104N8O26S2. The van der Waals surface area contributed by atoms with Crippen LogP contribution < -0.4 is 36.2 Å². The van der Waals surface area contributed by atoms with Crippen LogP contribution in [0.4, 0.5) is 10.5 Å². The Labute approximate surface area is 688 Å². The molecule has 2 aliphatic carbocycles. The lowest BCUT2D eigenvalue weighted by Crippen LogP contribution is -2.81. The van der Waals surface area contributed by atoms with Crippen molar-refractivity contribution in [2.45, 2.75) is 181 Å². The van der Waals surface area contributed by atoms with Crippen LogP contribution in [0.2, 0.25) is 0 Å². The zero-order chi connectivity index (χ0) is 86.2. The number of esters is 2. The molecule has 2 bridgehead atoms. The molecule has 1 saturated carbocycles. The molecule has 10 rings (SSSR count). The Morgan fingerprint density at radius 3 is 2.10 bits per heavy atom. The van der Waals surface area contributed by atoms with E-state index in [1.54, 1.807) is 44.5 Å². The Bertz CT molecular complexity index is 4390. The molecule has 13 N–H and O–H groups in total. The normalized spacial score (nSPS) is 25.5. The zero-order valence-electron chi connectivity index (χ0n) is 66.4. The van der Waals surface area contributed by atoms with E-state index in [0.717, 1.165) is 49.4 Å². The van der Waals surface area contributed by atoms with Gasteiger partial charge in [0.15, 0.2) is 11.4 Å². The predicted octanol–water partition coefficient (Wildman–Crippen LogP) is 3.22. The standard InChI is InChI=1S/C81H104N8O24S2.CO2/c1-6-77(109)40-47-41-80(75(107)112-5,54-35-48-17-11-12-18-52(48)53(54)24-29-88(43-47)45-77)56-37-55-60(39-62(56)111-4)87(3)72-79(55)26-30-89-28-14-25-78(7-2,71(79)89)73(105)81(72,110)74(106)83-42-66(97)113-31-32-114-115-44-59(70(103)104)85-67(98)50(33-46-15-9-8-10-16-46)36-61(91)58(38-65(95)96)84-63(92)23-20-49(68(99)100)34-51(90)21-22-57(69(101)102)86-76(108)82-27-13-19-64(93)94;2-1-3/h8-12,14-18,25,37,39,47,49-50,57-59,71-73,105,109-110H,6-7,13,19-24,26-36,38,40-45H2,1-5H3,(H,83,106)(H,84,92)(H,85,98)(H,93,94)(H,95,96)(H,99,100)(H,101,102)(H,103,104)(H2,82,86,108);/t47?,49-,50-,57+,58+,59+,71+,72-,73-,77+,78-,79?,80-,81+;/m1./s1. The highest BCUT2D eigenvalue weighted by Crippen LogP contribution is 2.68. The molecule has 5 amide bonds. The van der Waals surface area contributed by atoms with Crippen LogP contribution in [0.25, 0.3) is 5.57 Å². The van der Waals surface area contributed by atoms with Crippen molar-refractivity contribution in [3.63, 3.8) is 0 Å². The van der Waals surface area contributed by atoms with Gasteiger partial charge in [0, 0.05) is 123 Å². The number of carboxylic acids is 5. The molecule has 0 radical (unpaired) electrons. The minimum Gasteiger partial charge on any atom is -0.496 e. The van der Waals surface area contributed by atoms with Crippen LogP contribution in [0.15, 0.2) is 84.5 Å². The number of hydrogen-bond donors (Lipinski definition) is 13. The van der Waals surface area contributed by atoms with E-state index in [1.165, 1.54) is 7.11 Å². The first-order chi connectivity index (χ1) is 56.1. The summed E-state index contributed by atoms with van der Waals surface area (Å²) in [6, 6.07) is 12.8. The van der Waals surface area contributed by atoms with E-state index < -0.39 is 204 Å². The van der Waals surface area contributed by atoms with Gasteiger partial charge in [-0.25, -0.2) is 14.4 Å². The molecule has 7 aliphatic rings. The number of fused-ring (bicyclic) bond motifs is 5. The maximum atomic E-state index is 15.7. The minimum atomic E-state index is -2.63. The van der Waals surface area contributed by atoms with Crippen molar-refractivity contribution in [1.29, 1.82) is 0 Å². The van der Waals surface area contributed by atoms with Gasteiger partial charge < -0.3 is 86.5 Å². The number of carboxylic acid groups (broad SMARTS) is 5. The number of ketones is 2. The lowest BCUT2D eigenvalue weighted by molar-refractivity contribution is -0.203. The fourth-order valence-electron chi connectivity index (χ4n) is 19.0. The average Bonchev–Trinajstić information content (AvgIpc) is 1.47. The zero-order valence-corrected chi connectivity index (χ0v) is 68.0. The third kappa shape index (κ3) is 20.1. The van der Waals surface area contributed by atoms with Crippen molar-refractivity contribution < 1.29 is 127 Å². The summed E-state index contributed by atoms with van der Waals surface area (Å²) in [5.41, 5.74) is -1.01.